The van der Waals surface area contributed by atoms with Gasteiger partial charge in [0.05, 0.1) is 37.2 Å². The Bertz CT molecular complexity index is 1360. The molecule has 4 heterocycles. The van der Waals surface area contributed by atoms with Gasteiger partial charge in [-0.2, -0.15) is 4.39 Å². The van der Waals surface area contributed by atoms with Crippen LogP contribution < -0.4 is 10.5 Å². The number of nitrogens with two attached hydrogens (primary N) is 1. The largest absolute Gasteiger partial charge is 0.463 e. The van der Waals surface area contributed by atoms with Gasteiger partial charge in [0.15, 0.2) is 17.6 Å². The van der Waals surface area contributed by atoms with E-state index in [0.717, 1.165) is 0 Å². The van der Waals surface area contributed by atoms with E-state index in [0.29, 0.717) is 31.7 Å². The molecule has 1 aliphatic carbocycles. The van der Waals surface area contributed by atoms with Crippen LogP contribution in [0.25, 0.3) is 11.9 Å². The number of amides is 1. The summed E-state index contributed by atoms with van der Waals surface area (Å²) < 4.78 is 39.9. The summed E-state index contributed by atoms with van der Waals surface area (Å²) in [5.74, 6) is 0.658. The highest BCUT2D eigenvalue weighted by atomic mass is 32.2. The molecule has 3 aliphatic rings. The van der Waals surface area contributed by atoms with Gasteiger partial charge in [-0.15, -0.1) is 6.42 Å². The van der Waals surface area contributed by atoms with Crippen LogP contribution in [0.4, 0.5) is 8.78 Å². The maximum atomic E-state index is 15.2. The highest BCUT2D eigenvalue weighted by Gasteiger charge is 2.71. The Morgan fingerprint density at radius 3 is 2.92 bits per heavy atom. The number of morpholine rings is 1. The lowest BCUT2D eigenvalue weighted by Gasteiger charge is -2.39. The van der Waals surface area contributed by atoms with Crippen molar-refractivity contribution in [1.29, 1.82) is 0 Å². The average Bonchev–Trinajstić information content (AvgIpc) is 3.65. The number of thioether (sulfide) groups is 1. The molecule has 5 rings (SSSR count). The van der Waals surface area contributed by atoms with Crippen molar-refractivity contribution in [2.75, 3.05) is 26.4 Å². The van der Waals surface area contributed by atoms with E-state index in [1.807, 2.05) is 11.8 Å². The molecule has 9 nitrogen and oxygen atoms in total. The van der Waals surface area contributed by atoms with E-state index in [1.165, 1.54) is 42.5 Å². The molecule has 2 fully saturated rings. The number of ether oxygens (including phenoxy) is 2. The van der Waals surface area contributed by atoms with Gasteiger partial charge < -0.3 is 20.1 Å². The molecule has 0 spiro atoms. The minimum Gasteiger partial charge on any atom is -0.463 e. The molecule has 0 unspecified atom stereocenters. The highest BCUT2D eigenvalue weighted by Crippen LogP contribution is 2.66. The maximum Gasteiger partial charge on any atom is 0.240 e. The average molecular weight is 541 g/mol. The Balaban J connectivity index is 1.43. The van der Waals surface area contributed by atoms with E-state index in [2.05, 4.69) is 25.9 Å². The number of pyridine rings is 1. The summed E-state index contributed by atoms with van der Waals surface area (Å²) in [5.41, 5.74) is 5.44. The number of hydrogen-bond acceptors (Lipinski definition) is 9. The topological polar surface area (TPSA) is 116 Å². The molecule has 0 radical (unpaired) electrons. The number of carbonyl (C=O) groups is 1. The third kappa shape index (κ3) is 4.61. The Kier molecular flexibility index (Phi) is 6.83. The van der Waals surface area contributed by atoms with Gasteiger partial charge in [0.1, 0.15) is 10.4 Å². The lowest BCUT2D eigenvalue weighted by atomic mass is 9.86. The van der Waals surface area contributed by atoms with Crippen LogP contribution >= 0.6 is 11.8 Å². The van der Waals surface area contributed by atoms with Crippen LogP contribution in [-0.4, -0.2) is 68.1 Å². The summed E-state index contributed by atoms with van der Waals surface area (Å²) >= 11 is 1.23. The summed E-state index contributed by atoms with van der Waals surface area (Å²) in [7, 11) is 0. The molecule has 1 saturated heterocycles. The fraction of sp³-hybridized carbons (Fsp3) is 0.423. The van der Waals surface area contributed by atoms with Gasteiger partial charge >= 0.3 is 0 Å². The molecule has 1 amide bonds. The quantitative estimate of drug-likeness (QED) is 0.439. The second-order valence-electron chi connectivity index (χ2n) is 9.60. The lowest BCUT2D eigenvalue weighted by Crippen LogP contribution is -2.53. The molecule has 2 N–H and O–H groups in total. The van der Waals surface area contributed by atoms with E-state index in [-0.39, 0.29) is 46.8 Å². The van der Waals surface area contributed by atoms with Gasteiger partial charge in [-0.1, -0.05) is 17.7 Å². The van der Waals surface area contributed by atoms with E-state index in [4.69, 9.17) is 21.6 Å². The first kappa shape index (κ1) is 26.1. The Hall–Kier alpha value is -3.56. The van der Waals surface area contributed by atoms with Crippen molar-refractivity contribution in [2.45, 2.75) is 36.6 Å². The van der Waals surface area contributed by atoms with Gasteiger partial charge in [0.25, 0.3) is 0 Å². The van der Waals surface area contributed by atoms with E-state index < -0.39 is 22.1 Å². The van der Waals surface area contributed by atoms with E-state index in [9.17, 15) is 9.18 Å². The Morgan fingerprint density at radius 2 is 2.21 bits per heavy atom. The van der Waals surface area contributed by atoms with Crippen LogP contribution in [0.5, 0.6) is 5.88 Å². The van der Waals surface area contributed by atoms with Crippen LogP contribution in [0, 0.1) is 24.2 Å². The van der Waals surface area contributed by atoms with Crippen LogP contribution in [0.3, 0.4) is 0 Å². The second kappa shape index (κ2) is 9.96. The SMILES string of the molecule is C#CCOc1cnc(/C(F)=C/c2cnc(F)c([C@@]3(C)N=C(N)S[C@@]4(C(=O)N5CCOC[C@H]5C)C[C@H]43)c2)cn1. The summed E-state index contributed by atoms with van der Waals surface area (Å²) in [6.45, 7) is 5.10. The number of aromatic nitrogens is 3. The Labute approximate surface area is 222 Å². The van der Waals surface area contributed by atoms with Crippen molar-refractivity contribution < 1.29 is 23.0 Å². The van der Waals surface area contributed by atoms with Gasteiger partial charge in [0, 0.05) is 24.2 Å². The molecule has 2 aliphatic heterocycles. The van der Waals surface area contributed by atoms with Gasteiger partial charge in [-0.05, 0) is 38.0 Å². The minimum absolute atomic E-state index is 0.0139. The number of rotatable bonds is 6. The molecule has 38 heavy (non-hydrogen) atoms. The van der Waals surface area contributed by atoms with Crippen LogP contribution in [0.15, 0.2) is 29.6 Å². The zero-order valence-corrected chi connectivity index (χ0v) is 21.7. The number of carbonyl (C=O) groups excluding carboxylic acids is 1. The zero-order valence-electron chi connectivity index (χ0n) is 20.9. The normalized spacial score (nSPS) is 28.7. The number of aliphatic imine (C=N–C) groups is 1. The van der Waals surface area contributed by atoms with Crippen molar-refractivity contribution in [3.63, 3.8) is 0 Å². The van der Waals surface area contributed by atoms with Crippen molar-refractivity contribution in [1.82, 2.24) is 19.9 Å². The van der Waals surface area contributed by atoms with Crippen molar-refractivity contribution >= 4 is 34.7 Å². The van der Waals surface area contributed by atoms with Crippen molar-refractivity contribution in [3.05, 3.63) is 47.4 Å². The third-order valence-corrected chi connectivity index (χ3v) is 8.37. The van der Waals surface area contributed by atoms with Crippen LogP contribution in [0.1, 0.15) is 37.1 Å². The van der Waals surface area contributed by atoms with Crippen molar-refractivity contribution in [3.8, 4) is 18.2 Å². The number of hydrogen-bond donors (Lipinski definition) is 1. The third-order valence-electron chi connectivity index (χ3n) is 7.08. The van der Waals surface area contributed by atoms with E-state index >= 15 is 4.39 Å². The monoisotopic (exact) mass is 540 g/mol. The molecule has 12 heteroatoms. The number of terminal acetylenes is 1. The molecule has 198 valence electrons. The summed E-state index contributed by atoms with van der Waals surface area (Å²) in [6.07, 6.45) is 10.5. The molecule has 2 aromatic rings. The fourth-order valence-electron chi connectivity index (χ4n) is 5.07. The fourth-order valence-corrected chi connectivity index (χ4v) is 6.51. The lowest BCUT2D eigenvalue weighted by molar-refractivity contribution is -0.139. The maximum absolute atomic E-state index is 15.2. The first-order valence-corrected chi connectivity index (χ1v) is 12.8. The summed E-state index contributed by atoms with van der Waals surface area (Å²) in [5, 5.41) is 0.199. The smallest absolute Gasteiger partial charge is 0.240 e. The van der Waals surface area contributed by atoms with Gasteiger partial charge in [0.2, 0.25) is 17.7 Å². The standard InChI is InChI=1S/C26H26F2N6O3S/c1-4-6-37-21-13-30-19(12-31-21)18(27)9-16-8-17(22(28)32-11-16)25(3)20-10-26(20,38-24(29)33-25)23(35)34-5-7-36-14-15(34)2/h1,8-9,11-13,15,20H,5-7,10,14H2,2-3H3,(H2,29,33)/b18-9-/t15-,20+,25-,26+/m1/s1. The molecule has 4 atom stereocenters. The molecule has 1 saturated carbocycles. The summed E-state index contributed by atoms with van der Waals surface area (Å²) in [4.78, 5) is 31.9. The summed E-state index contributed by atoms with van der Waals surface area (Å²) in [6, 6.07) is 1.41. The van der Waals surface area contributed by atoms with Crippen LogP contribution in [0.2, 0.25) is 0 Å². The van der Waals surface area contributed by atoms with Gasteiger partial charge in [-0.3, -0.25) is 9.79 Å². The highest BCUT2D eigenvalue weighted by molar-refractivity contribution is 8.15. The number of amidine groups is 1. The predicted octanol–water partition coefficient (Wildman–Crippen LogP) is 2.77. The molecule has 2 aromatic heterocycles. The number of nitrogens with zero attached hydrogens (tertiary/aromatic N) is 5. The van der Waals surface area contributed by atoms with E-state index in [1.54, 1.807) is 6.92 Å². The van der Waals surface area contributed by atoms with Gasteiger partial charge in [-0.25, -0.2) is 19.3 Å². The first-order valence-electron chi connectivity index (χ1n) is 12.0. The zero-order chi connectivity index (χ0) is 27.1. The minimum atomic E-state index is -1.16. The molecule has 0 bridgehead atoms. The van der Waals surface area contributed by atoms with Crippen molar-refractivity contribution in [2.24, 2.45) is 16.6 Å². The second-order valence-corrected chi connectivity index (χ2v) is 11.0. The molecular formula is C26H26F2N6O3S. The number of halogens is 2. The predicted molar refractivity (Wildman–Crippen MR) is 139 cm³/mol. The molecule has 0 aromatic carbocycles. The first-order chi connectivity index (χ1) is 18.2. The Morgan fingerprint density at radius 1 is 1.39 bits per heavy atom. The van der Waals surface area contributed by atoms with Crippen LogP contribution in [-0.2, 0) is 15.1 Å². The molecular weight excluding hydrogens is 514 g/mol. The number of fused-ring (bicyclic) bond motifs is 1.